The second-order valence-corrected chi connectivity index (χ2v) is 5.42. The van der Waals surface area contributed by atoms with Gasteiger partial charge in [0, 0.05) is 4.47 Å². The zero-order valence-corrected chi connectivity index (χ0v) is 13.8. The number of carboxylic acid groups (broad SMARTS) is 1. The summed E-state index contributed by atoms with van der Waals surface area (Å²) in [7, 11) is 1.55. The summed E-state index contributed by atoms with van der Waals surface area (Å²) in [6.07, 6.45) is 1.39. The van der Waals surface area contributed by atoms with Crippen LogP contribution in [0.5, 0.6) is 5.75 Å². The van der Waals surface area contributed by atoms with Crippen molar-refractivity contribution >= 4 is 33.9 Å². The molecule has 23 heavy (non-hydrogen) atoms. The molecule has 0 radical (unpaired) electrons. The highest BCUT2D eigenvalue weighted by atomic mass is 79.9. The number of hydrogen-bond acceptors (Lipinski definition) is 3. The number of nitrogens with one attached hydrogen (secondary N) is 1. The quantitative estimate of drug-likeness (QED) is 0.786. The van der Waals surface area contributed by atoms with Crippen LogP contribution >= 0.6 is 15.9 Å². The Hall–Kier alpha value is -2.60. The van der Waals surface area contributed by atoms with Gasteiger partial charge in [0.25, 0.3) is 5.91 Å². The Morgan fingerprint density at radius 2 is 1.78 bits per heavy atom. The zero-order valence-electron chi connectivity index (χ0n) is 12.2. The van der Waals surface area contributed by atoms with Gasteiger partial charge in [0.2, 0.25) is 0 Å². The number of rotatable bonds is 5. The van der Waals surface area contributed by atoms with Crippen LogP contribution in [0.2, 0.25) is 0 Å². The molecule has 0 aliphatic heterocycles. The summed E-state index contributed by atoms with van der Waals surface area (Å²) < 4.78 is 5.63. The van der Waals surface area contributed by atoms with Gasteiger partial charge in [-0.05, 0) is 51.8 Å². The van der Waals surface area contributed by atoms with E-state index in [0.717, 1.165) is 0 Å². The lowest BCUT2D eigenvalue weighted by atomic mass is 10.1. The molecule has 2 aromatic carbocycles. The maximum atomic E-state index is 12.2. The van der Waals surface area contributed by atoms with Crippen molar-refractivity contribution in [1.29, 1.82) is 0 Å². The SMILES string of the molecule is COc1ccc(C=C(NC(=O)c2ccccc2Br)C(=O)O)cc1. The predicted octanol–water partition coefficient (Wildman–Crippen LogP) is 3.31. The number of ether oxygens (including phenoxy) is 1. The van der Waals surface area contributed by atoms with Gasteiger partial charge in [-0.25, -0.2) is 4.79 Å². The number of hydrogen-bond donors (Lipinski definition) is 2. The Morgan fingerprint density at radius 3 is 2.35 bits per heavy atom. The van der Waals surface area contributed by atoms with Crippen LogP contribution in [0, 0.1) is 0 Å². The Labute approximate surface area is 141 Å². The van der Waals surface area contributed by atoms with E-state index in [9.17, 15) is 14.7 Å². The lowest BCUT2D eigenvalue weighted by Crippen LogP contribution is -2.27. The highest BCUT2D eigenvalue weighted by Gasteiger charge is 2.15. The first-order valence-corrected chi connectivity index (χ1v) is 7.45. The Bertz CT molecular complexity index is 753. The minimum atomic E-state index is -1.22. The molecule has 2 N–H and O–H groups in total. The predicted molar refractivity (Wildman–Crippen MR) is 90.2 cm³/mol. The van der Waals surface area contributed by atoms with Crippen LogP contribution in [0.15, 0.2) is 58.7 Å². The third-order valence-corrected chi connectivity index (χ3v) is 3.72. The van der Waals surface area contributed by atoms with E-state index in [1.165, 1.54) is 6.08 Å². The molecule has 0 atom stereocenters. The molecule has 2 aromatic rings. The highest BCUT2D eigenvalue weighted by Crippen LogP contribution is 2.17. The molecule has 6 heteroatoms. The van der Waals surface area contributed by atoms with Gasteiger partial charge in [-0.15, -0.1) is 0 Å². The average molecular weight is 376 g/mol. The fourth-order valence-corrected chi connectivity index (χ4v) is 2.32. The molecule has 0 aliphatic carbocycles. The van der Waals surface area contributed by atoms with Crippen molar-refractivity contribution in [3.8, 4) is 5.75 Å². The number of carboxylic acids is 1. The minimum absolute atomic E-state index is 0.212. The summed E-state index contributed by atoms with van der Waals surface area (Å²) in [5.74, 6) is -1.06. The van der Waals surface area contributed by atoms with Crippen LogP contribution in [0.4, 0.5) is 0 Å². The van der Waals surface area contributed by atoms with Gasteiger partial charge < -0.3 is 15.2 Å². The first-order chi connectivity index (χ1) is 11.0. The van der Waals surface area contributed by atoms with E-state index in [1.807, 2.05) is 0 Å². The molecule has 0 heterocycles. The topological polar surface area (TPSA) is 75.6 Å². The molecular weight excluding hydrogens is 362 g/mol. The number of carbonyl (C=O) groups excluding carboxylic acids is 1. The summed E-state index contributed by atoms with van der Waals surface area (Å²) in [5, 5.41) is 11.7. The van der Waals surface area contributed by atoms with Crippen LogP contribution in [0.25, 0.3) is 6.08 Å². The molecule has 0 saturated heterocycles. The first kappa shape index (κ1) is 16.8. The summed E-state index contributed by atoms with van der Waals surface area (Å²) >= 11 is 3.26. The van der Waals surface area contributed by atoms with Gasteiger partial charge in [0.15, 0.2) is 0 Å². The van der Waals surface area contributed by atoms with Gasteiger partial charge in [-0.1, -0.05) is 24.3 Å². The van der Waals surface area contributed by atoms with Crippen molar-refractivity contribution in [3.63, 3.8) is 0 Å². The molecule has 2 rings (SSSR count). The molecule has 0 unspecified atom stereocenters. The maximum Gasteiger partial charge on any atom is 0.352 e. The lowest BCUT2D eigenvalue weighted by Gasteiger charge is -2.08. The van der Waals surface area contributed by atoms with Crippen LogP contribution in [0.3, 0.4) is 0 Å². The van der Waals surface area contributed by atoms with E-state index in [1.54, 1.807) is 55.6 Å². The molecule has 0 fully saturated rings. The fourth-order valence-electron chi connectivity index (χ4n) is 1.85. The Morgan fingerprint density at radius 1 is 1.13 bits per heavy atom. The van der Waals surface area contributed by atoms with E-state index >= 15 is 0 Å². The first-order valence-electron chi connectivity index (χ1n) is 6.66. The molecule has 0 aromatic heterocycles. The summed E-state index contributed by atoms with van der Waals surface area (Å²) in [6, 6.07) is 13.6. The lowest BCUT2D eigenvalue weighted by molar-refractivity contribution is -0.132. The number of aliphatic carboxylic acids is 1. The van der Waals surface area contributed by atoms with Gasteiger partial charge >= 0.3 is 5.97 Å². The van der Waals surface area contributed by atoms with Gasteiger partial charge in [0.1, 0.15) is 11.4 Å². The van der Waals surface area contributed by atoms with E-state index < -0.39 is 11.9 Å². The smallest absolute Gasteiger partial charge is 0.352 e. The van der Waals surface area contributed by atoms with E-state index in [0.29, 0.717) is 21.3 Å². The molecule has 118 valence electrons. The van der Waals surface area contributed by atoms with Crippen LogP contribution in [-0.4, -0.2) is 24.1 Å². The van der Waals surface area contributed by atoms with Crippen molar-refractivity contribution in [3.05, 3.63) is 69.8 Å². The molecule has 0 spiro atoms. The van der Waals surface area contributed by atoms with Gasteiger partial charge in [-0.2, -0.15) is 0 Å². The summed E-state index contributed by atoms with van der Waals surface area (Å²) in [6.45, 7) is 0. The molecule has 0 saturated carbocycles. The normalized spacial score (nSPS) is 11.0. The largest absolute Gasteiger partial charge is 0.497 e. The third kappa shape index (κ3) is 4.43. The van der Waals surface area contributed by atoms with Crippen LogP contribution in [-0.2, 0) is 4.79 Å². The standard InChI is InChI=1S/C17H14BrNO4/c1-23-12-8-6-11(7-9-12)10-15(17(21)22)19-16(20)13-4-2-3-5-14(13)18/h2-10H,1H3,(H,19,20)(H,21,22). The number of methoxy groups -OCH3 is 1. The van der Waals surface area contributed by atoms with Crippen molar-refractivity contribution < 1.29 is 19.4 Å². The number of halogens is 1. The van der Waals surface area contributed by atoms with Crippen molar-refractivity contribution in [2.24, 2.45) is 0 Å². The molecule has 5 nitrogen and oxygen atoms in total. The second kappa shape index (κ2) is 7.60. The molecule has 1 amide bonds. The minimum Gasteiger partial charge on any atom is -0.497 e. The Balaban J connectivity index is 2.24. The van der Waals surface area contributed by atoms with Crippen molar-refractivity contribution in [2.45, 2.75) is 0 Å². The molecule has 0 bridgehead atoms. The second-order valence-electron chi connectivity index (χ2n) is 4.57. The number of benzene rings is 2. The fraction of sp³-hybridized carbons (Fsp3) is 0.0588. The molecule has 0 aliphatic rings. The van der Waals surface area contributed by atoms with Gasteiger partial charge in [-0.3, -0.25) is 4.79 Å². The van der Waals surface area contributed by atoms with Crippen molar-refractivity contribution in [1.82, 2.24) is 5.32 Å². The van der Waals surface area contributed by atoms with Gasteiger partial charge in [0.05, 0.1) is 12.7 Å². The Kier molecular flexibility index (Phi) is 5.54. The zero-order chi connectivity index (χ0) is 16.8. The van der Waals surface area contributed by atoms with Crippen molar-refractivity contribution in [2.75, 3.05) is 7.11 Å². The monoisotopic (exact) mass is 375 g/mol. The highest BCUT2D eigenvalue weighted by molar-refractivity contribution is 9.10. The van der Waals surface area contributed by atoms with E-state index in [2.05, 4.69) is 21.2 Å². The molecular formula is C17H14BrNO4. The maximum absolute atomic E-state index is 12.2. The average Bonchev–Trinajstić information content (AvgIpc) is 2.55. The van der Waals surface area contributed by atoms with E-state index in [-0.39, 0.29) is 5.70 Å². The van der Waals surface area contributed by atoms with E-state index in [4.69, 9.17) is 4.74 Å². The number of amides is 1. The number of carbonyl (C=O) groups is 2. The third-order valence-electron chi connectivity index (χ3n) is 3.02. The van der Waals surface area contributed by atoms with Crippen LogP contribution in [0.1, 0.15) is 15.9 Å². The van der Waals surface area contributed by atoms with Crippen LogP contribution < -0.4 is 10.1 Å². The summed E-state index contributed by atoms with van der Waals surface area (Å²) in [4.78, 5) is 23.6. The summed E-state index contributed by atoms with van der Waals surface area (Å²) in [5.41, 5.74) is 0.779.